The molecule has 3 N–H and O–H groups in total. The second-order valence-corrected chi connectivity index (χ2v) is 6.76. The van der Waals surface area contributed by atoms with Crippen molar-refractivity contribution in [3.05, 3.63) is 35.9 Å². The van der Waals surface area contributed by atoms with Crippen molar-refractivity contribution in [3.63, 3.8) is 0 Å². The summed E-state index contributed by atoms with van der Waals surface area (Å²) in [5, 5.41) is 16.4. The first kappa shape index (κ1) is 17.8. The van der Waals surface area contributed by atoms with Crippen LogP contribution in [0.3, 0.4) is 0 Å². The summed E-state index contributed by atoms with van der Waals surface area (Å²) in [6.07, 6.45) is 5.35. The van der Waals surface area contributed by atoms with E-state index in [1.54, 1.807) is 7.05 Å². The Morgan fingerprint density at radius 1 is 1.26 bits per heavy atom. The summed E-state index contributed by atoms with van der Waals surface area (Å²) in [6.45, 7) is 4.15. The molecule has 1 fully saturated rings. The number of hydrogen-bond acceptors (Lipinski definition) is 2. The molecule has 0 radical (unpaired) electrons. The lowest BCUT2D eigenvalue weighted by Crippen LogP contribution is -2.42. The lowest BCUT2D eigenvalue weighted by molar-refractivity contribution is 0.264. The van der Waals surface area contributed by atoms with Crippen LogP contribution in [0.5, 0.6) is 0 Å². The van der Waals surface area contributed by atoms with Crippen molar-refractivity contribution in [1.82, 2.24) is 10.6 Å². The summed E-state index contributed by atoms with van der Waals surface area (Å²) < 4.78 is 0. The Labute approximate surface area is 140 Å². The standard InChI is InChI=1S/C19H31N3O/c1-15-7-6-8-16(11-15)12-21-19(20-2)22-13-18(14-23)17-9-4-3-5-10-17/h3-5,9-10,15-16,18,23H,6-8,11-14H2,1-2H3,(H2,20,21,22). The predicted molar refractivity (Wildman–Crippen MR) is 96.8 cm³/mol. The average Bonchev–Trinajstić information content (AvgIpc) is 2.59. The monoisotopic (exact) mass is 317 g/mol. The quantitative estimate of drug-likeness (QED) is 0.558. The molecule has 0 heterocycles. The molecule has 1 aliphatic rings. The Morgan fingerprint density at radius 2 is 2.04 bits per heavy atom. The van der Waals surface area contributed by atoms with Gasteiger partial charge in [0.2, 0.25) is 0 Å². The number of nitrogens with one attached hydrogen (secondary N) is 2. The van der Waals surface area contributed by atoms with Crippen LogP contribution in [0.15, 0.2) is 35.3 Å². The number of aliphatic imine (C=N–C) groups is 1. The van der Waals surface area contributed by atoms with E-state index in [4.69, 9.17) is 0 Å². The summed E-state index contributed by atoms with van der Waals surface area (Å²) in [5.74, 6) is 2.52. The Bertz CT molecular complexity index is 475. The molecule has 0 bridgehead atoms. The number of hydrogen-bond donors (Lipinski definition) is 3. The van der Waals surface area contributed by atoms with E-state index in [0.717, 1.165) is 29.9 Å². The lowest BCUT2D eigenvalue weighted by Gasteiger charge is -2.27. The molecule has 0 saturated heterocycles. The fourth-order valence-electron chi connectivity index (χ4n) is 3.44. The van der Waals surface area contributed by atoms with Gasteiger partial charge < -0.3 is 15.7 Å². The van der Waals surface area contributed by atoms with E-state index in [1.807, 2.05) is 18.2 Å². The maximum Gasteiger partial charge on any atom is 0.191 e. The maximum absolute atomic E-state index is 9.63. The van der Waals surface area contributed by atoms with E-state index in [1.165, 1.54) is 25.7 Å². The van der Waals surface area contributed by atoms with Crippen molar-refractivity contribution in [1.29, 1.82) is 0 Å². The smallest absolute Gasteiger partial charge is 0.191 e. The van der Waals surface area contributed by atoms with Gasteiger partial charge in [0.1, 0.15) is 0 Å². The maximum atomic E-state index is 9.63. The van der Waals surface area contributed by atoms with Crippen molar-refractivity contribution < 1.29 is 5.11 Å². The number of guanidine groups is 1. The molecular formula is C19H31N3O. The van der Waals surface area contributed by atoms with E-state index >= 15 is 0 Å². The molecule has 1 saturated carbocycles. The van der Waals surface area contributed by atoms with Crippen LogP contribution in [0.25, 0.3) is 0 Å². The van der Waals surface area contributed by atoms with Crippen molar-refractivity contribution in [2.45, 2.75) is 38.5 Å². The fraction of sp³-hybridized carbons (Fsp3) is 0.632. The summed E-state index contributed by atoms with van der Waals surface area (Å²) in [7, 11) is 1.80. The first-order valence-electron chi connectivity index (χ1n) is 8.83. The lowest BCUT2D eigenvalue weighted by atomic mass is 9.82. The SMILES string of the molecule is CN=C(NCC1CCCC(C)C1)NCC(CO)c1ccccc1. The zero-order valence-electron chi connectivity index (χ0n) is 14.5. The van der Waals surface area contributed by atoms with E-state index in [9.17, 15) is 5.11 Å². The number of aliphatic hydroxyl groups is 1. The van der Waals surface area contributed by atoms with Crippen LogP contribution in [0, 0.1) is 11.8 Å². The third-order valence-corrected chi connectivity index (χ3v) is 4.83. The Balaban J connectivity index is 1.78. The first-order valence-corrected chi connectivity index (χ1v) is 8.83. The molecule has 4 nitrogen and oxygen atoms in total. The van der Waals surface area contributed by atoms with Gasteiger partial charge in [-0.15, -0.1) is 0 Å². The van der Waals surface area contributed by atoms with Crippen molar-refractivity contribution in [2.24, 2.45) is 16.8 Å². The Kier molecular flexibility index (Phi) is 7.40. The number of rotatable bonds is 6. The highest BCUT2D eigenvalue weighted by atomic mass is 16.3. The van der Waals surface area contributed by atoms with Crippen LogP contribution in [0.1, 0.15) is 44.1 Å². The molecule has 3 atom stereocenters. The Hall–Kier alpha value is -1.55. The van der Waals surface area contributed by atoms with Crippen LogP contribution in [-0.4, -0.2) is 37.8 Å². The summed E-state index contributed by atoms with van der Waals surface area (Å²) >= 11 is 0. The van der Waals surface area contributed by atoms with Gasteiger partial charge in [-0.05, 0) is 30.2 Å². The highest BCUT2D eigenvalue weighted by molar-refractivity contribution is 5.79. The number of nitrogens with zero attached hydrogens (tertiary/aromatic N) is 1. The van der Waals surface area contributed by atoms with Gasteiger partial charge in [0.05, 0.1) is 6.61 Å². The van der Waals surface area contributed by atoms with Gasteiger partial charge in [-0.25, -0.2) is 0 Å². The van der Waals surface area contributed by atoms with Crippen LogP contribution >= 0.6 is 0 Å². The average molecular weight is 317 g/mol. The fourth-order valence-corrected chi connectivity index (χ4v) is 3.44. The molecular weight excluding hydrogens is 286 g/mol. The molecule has 1 aromatic carbocycles. The van der Waals surface area contributed by atoms with Gasteiger partial charge in [0.15, 0.2) is 5.96 Å². The minimum Gasteiger partial charge on any atom is -0.396 e. The van der Waals surface area contributed by atoms with Gasteiger partial charge in [-0.1, -0.05) is 50.1 Å². The van der Waals surface area contributed by atoms with E-state index < -0.39 is 0 Å². The second kappa shape index (κ2) is 9.56. The van der Waals surface area contributed by atoms with Gasteiger partial charge in [-0.3, -0.25) is 4.99 Å². The molecule has 3 unspecified atom stereocenters. The molecule has 1 aliphatic carbocycles. The molecule has 0 aromatic heterocycles. The van der Waals surface area contributed by atoms with Crippen LogP contribution in [0.4, 0.5) is 0 Å². The van der Waals surface area contributed by atoms with Crippen LogP contribution < -0.4 is 10.6 Å². The van der Waals surface area contributed by atoms with Crippen molar-refractivity contribution in [2.75, 3.05) is 26.7 Å². The molecule has 0 aliphatic heterocycles. The van der Waals surface area contributed by atoms with E-state index in [0.29, 0.717) is 6.54 Å². The number of aliphatic hydroxyl groups excluding tert-OH is 1. The molecule has 1 aromatic rings. The second-order valence-electron chi connectivity index (χ2n) is 6.76. The molecule has 2 rings (SSSR count). The predicted octanol–water partition coefficient (Wildman–Crippen LogP) is 2.75. The highest BCUT2D eigenvalue weighted by Crippen LogP contribution is 2.27. The third kappa shape index (κ3) is 5.87. The van der Waals surface area contributed by atoms with Gasteiger partial charge in [-0.2, -0.15) is 0 Å². The van der Waals surface area contributed by atoms with E-state index in [2.05, 4.69) is 34.7 Å². The van der Waals surface area contributed by atoms with Crippen LogP contribution in [-0.2, 0) is 0 Å². The van der Waals surface area contributed by atoms with Gasteiger partial charge >= 0.3 is 0 Å². The number of benzene rings is 1. The van der Waals surface area contributed by atoms with Gasteiger partial charge in [0.25, 0.3) is 0 Å². The minimum absolute atomic E-state index is 0.0875. The summed E-state index contributed by atoms with van der Waals surface area (Å²) in [6, 6.07) is 10.1. The van der Waals surface area contributed by atoms with Crippen molar-refractivity contribution >= 4 is 5.96 Å². The Morgan fingerprint density at radius 3 is 2.70 bits per heavy atom. The molecule has 23 heavy (non-hydrogen) atoms. The summed E-state index contributed by atoms with van der Waals surface area (Å²) in [5.41, 5.74) is 1.15. The highest BCUT2D eigenvalue weighted by Gasteiger charge is 2.19. The zero-order valence-corrected chi connectivity index (χ0v) is 14.5. The molecule has 0 amide bonds. The molecule has 128 valence electrons. The van der Waals surface area contributed by atoms with Gasteiger partial charge in [0, 0.05) is 26.1 Å². The minimum atomic E-state index is 0.0875. The largest absolute Gasteiger partial charge is 0.396 e. The molecule has 0 spiro atoms. The van der Waals surface area contributed by atoms with Crippen LogP contribution in [0.2, 0.25) is 0 Å². The molecule has 4 heteroatoms. The normalized spacial score (nSPS) is 23.3. The first-order chi connectivity index (χ1) is 11.2. The van der Waals surface area contributed by atoms with E-state index in [-0.39, 0.29) is 12.5 Å². The zero-order chi connectivity index (χ0) is 16.5. The topological polar surface area (TPSA) is 56.7 Å². The third-order valence-electron chi connectivity index (χ3n) is 4.83. The van der Waals surface area contributed by atoms with Crippen molar-refractivity contribution in [3.8, 4) is 0 Å². The summed E-state index contributed by atoms with van der Waals surface area (Å²) in [4.78, 5) is 4.30.